The first kappa shape index (κ1) is 10.3. The van der Waals surface area contributed by atoms with Crippen LogP contribution in [0.15, 0.2) is 30.6 Å². The lowest BCUT2D eigenvalue weighted by atomic mass is 10.1. The third kappa shape index (κ3) is 1.37. The molecule has 0 amide bonds. The smallest absolute Gasteiger partial charge is 0.307 e. The summed E-state index contributed by atoms with van der Waals surface area (Å²) in [4.78, 5) is 15.6. The third-order valence-corrected chi connectivity index (χ3v) is 3.79. The number of hydrogen-bond donors (Lipinski definition) is 1. The summed E-state index contributed by atoms with van der Waals surface area (Å²) in [6.45, 7) is 3.97. The molecule has 2 heterocycles. The van der Waals surface area contributed by atoms with Gasteiger partial charge in [-0.1, -0.05) is 19.9 Å². The summed E-state index contributed by atoms with van der Waals surface area (Å²) in [6.07, 6.45) is 3.86. The molecule has 4 nitrogen and oxygen atoms in total. The highest BCUT2D eigenvalue weighted by Gasteiger charge is 2.63. The molecule has 2 aromatic heterocycles. The zero-order valence-electron chi connectivity index (χ0n) is 9.79. The summed E-state index contributed by atoms with van der Waals surface area (Å²) in [5, 5.41) is 9.16. The first-order valence-corrected chi connectivity index (χ1v) is 5.68. The van der Waals surface area contributed by atoms with Crippen LogP contribution in [-0.4, -0.2) is 20.5 Å². The van der Waals surface area contributed by atoms with Crippen LogP contribution in [-0.2, 0) is 4.79 Å². The van der Waals surface area contributed by atoms with Crippen LogP contribution < -0.4 is 0 Å². The maximum atomic E-state index is 11.1. The Bertz CT molecular complexity index is 567. The van der Waals surface area contributed by atoms with Crippen LogP contribution in [0.2, 0.25) is 0 Å². The molecule has 2 aromatic rings. The Kier molecular flexibility index (Phi) is 1.88. The molecule has 0 saturated heterocycles. The molecule has 4 heteroatoms. The number of aromatic nitrogens is 2. The maximum Gasteiger partial charge on any atom is 0.307 e. The predicted octanol–water partition coefficient (Wildman–Crippen LogP) is 2.16. The Morgan fingerprint density at radius 3 is 2.82 bits per heavy atom. The molecule has 0 unspecified atom stereocenters. The number of pyridine rings is 1. The van der Waals surface area contributed by atoms with E-state index in [4.69, 9.17) is 5.11 Å². The molecule has 2 atom stereocenters. The largest absolute Gasteiger partial charge is 0.481 e. The fourth-order valence-corrected chi connectivity index (χ4v) is 2.75. The average Bonchev–Trinajstić information content (AvgIpc) is 2.68. The summed E-state index contributed by atoms with van der Waals surface area (Å²) in [7, 11) is 0. The normalized spacial score (nSPS) is 26.0. The van der Waals surface area contributed by atoms with Crippen molar-refractivity contribution in [2.75, 3.05) is 0 Å². The summed E-state index contributed by atoms with van der Waals surface area (Å²) in [5.41, 5.74) is 1.56. The van der Waals surface area contributed by atoms with E-state index >= 15 is 0 Å². The Balaban J connectivity index is 2.03. The van der Waals surface area contributed by atoms with E-state index in [1.807, 2.05) is 48.8 Å². The lowest BCUT2D eigenvalue weighted by Gasteiger charge is -1.97. The van der Waals surface area contributed by atoms with Crippen LogP contribution >= 0.6 is 0 Å². The van der Waals surface area contributed by atoms with Gasteiger partial charge in [0.1, 0.15) is 5.65 Å². The van der Waals surface area contributed by atoms with Crippen molar-refractivity contribution < 1.29 is 9.90 Å². The zero-order valence-corrected chi connectivity index (χ0v) is 9.79. The van der Waals surface area contributed by atoms with Crippen LogP contribution in [0.1, 0.15) is 25.5 Å². The number of hydrogen-bond acceptors (Lipinski definition) is 2. The summed E-state index contributed by atoms with van der Waals surface area (Å²) >= 11 is 0. The number of nitrogens with zero attached hydrogens (tertiary/aromatic N) is 2. The number of imidazole rings is 1. The van der Waals surface area contributed by atoms with Crippen LogP contribution in [0, 0.1) is 11.3 Å². The topological polar surface area (TPSA) is 54.6 Å². The molecule has 0 radical (unpaired) electrons. The number of carboxylic acids is 1. The first-order valence-electron chi connectivity index (χ1n) is 5.68. The van der Waals surface area contributed by atoms with Crippen molar-refractivity contribution >= 4 is 11.6 Å². The molecule has 0 aliphatic heterocycles. The monoisotopic (exact) mass is 230 g/mol. The molecule has 1 N–H and O–H groups in total. The van der Waals surface area contributed by atoms with Crippen LogP contribution in [0.3, 0.4) is 0 Å². The van der Waals surface area contributed by atoms with Crippen molar-refractivity contribution in [1.29, 1.82) is 0 Å². The maximum absolute atomic E-state index is 11.1. The van der Waals surface area contributed by atoms with Crippen molar-refractivity contribution in [1.82, 2.24) is 9.38 Å². The van der Waals surface area contributed by atoms with E-state index < -0.39 is 5.97 Å². The first-order chi connectivity index (χ1) is 8.01. The minimum Gasteiger partial charge on any atom is -0.481 e. The van der Waals surface area contributed by atoms with Gasteiger partial charge in [-0.3, -0.25) is 4.79 Å². The second-order valence-electron chi connectivity index (χ2n) is 5.25. The van der Waals surface area contributed by atoms with Gasteiger partial charge < -0.3 is 9.51 Å². The number of aliphatic carboxylic acids is 1. The minimum absolute atomic E-state index is 0.0277. The number of carboxylic acid groups (broad SMARTS) is 1. The molecule has 1 aliphatic carbocycles. The van der Waals surface area contributed by atoms with Crippen LogP contribution in [0.5, 0.6) is 0 Å². The standard InChI is InChI=1S/C13H14N2O2/c1-13(2)10(11(13)12(16)17)8-7-15-6-4-3-5-9(15)14-8/h3-7,10-11H,1-2H3,(H,16,17)/t10-,11+/m1/s1. The van der Waals surface area contributed by atoms with E-state index in [9.17, 15) is 4.79 Å². The van der Waals surface area contributed by atoms with Crippen molar-refractivity contribution in [3.05, 3.63) is 36.3 Å². The molecule has 88 valence electrons. The Morgan fingerprint density at radius 2 is 2.24 bits per heavy atom. The fourth-order valence-electron chi connectivity index (χ4n) is 2.75. The van der Waals surface area contributed by atoms with Crippen LogP contribution in [0.25, 0.3) is 5.65 Å². The van der Waals surface area contributed by atoms with Gasteiger partial charge in [-0.05, 0) is 17.5 Å². The molecular formula is C13H14N2O2. The molecule has 0 aromatic carbocycles. The van der Waals surface area contributed by atoms with Gasteiger partial charge in [-0.25, -0.2) is 4.98 Å². The second-order valence-corrected chi connectivity index (χ2v) is 5.25. The van der Waals surface area contributed by atoms with Gasteiger partial charge in [0, 0.05) is 18.3 Å². The van der Waals surface area contributed by atoms with E-state index in [1.165, 1.54) is 0 Å². The molecule has 3 rings (SSSR count). The Labute approximate surface area is 98.9 Å². The van der Waals surface area contributed by atoms with Gasteiger partial charge >= 0.3 is 5.97 Å². The van der Waals surface area contributed by atoms with Crippen LogP contribution in [0.4, 0.5) is 0 Å². The SMILES string of the molecule is CC1(C)[C@H](C(=O)O)[C@H]1c1cn2ccccc2n1. The molecule has 0 bridgehead atoms. The predicted molar refractivity (Wildman–Crippen MR) is 62.8 cm³/mol. The van der Waals surface area contributed by atoms with Gasteiger partial charge in [-0.2, -0.15) is 0 Å². The van der Waals surface area contributed by atoms with E-state index in [0.717, 1.165) is 11.3 Å². The molecule has 1 fully saturated rings. The van der Waals surface area contributed by atoms with Gasteiger partial charge in [0.2, 0.25) is 0 Å². The van der Waals surface area contributed by atoms with Gasteiger partial charge in [-0.15, -0.1) is 0 Å². The summed E-state index contributed by atoms with van der Waals surface area (Å²) in [6, 6.07) is 5.79. The van der Waals surface area contributed by atoms with Crippen molar-refractivity contribution in [2.45, 2.75) is 19.8 Å². The molecule has 0 spiro atoms. The Morgan fingerprint density at radius 1 is 1.47 bits per heavy atom. The zero-order chi connectivity index (χ0) is 12.2. The molecule has 17 heavy (non-hydrogen) atoms. The number of fused-ring (bicyclic) bond motifs is 1. The quantitative estimate of drug-likeness (QED) is 0.860. The highest BCUT2D eigenvalue weighted by atomic mass is 16.4. The van der Waals surface area contributed by atoms with E-state index in [-0.39, 0.29) is 17.3 Å². The molecule has 1 aliphatic rings. The lowest BCUT2D eigenvalue weighted by molar-refractivity contribution is -0.139. The van der Waals surface area contributed by atoms with Crippen molar-refractivity contribution in [3.63, 3.8) is 0 Å². The van der Waals surface area contributed by atoms with E-state index in [0.29, 0.717) is 0 Å². The van der Waals surface area contributed by atoms with Gasteiger partial charge in [0.25, 0.3) is 0 Å². The summed E-state index contributed by atoms with van der Waals surface area (Å²) < 4.78 is 1.93. The minimum atomic E-state index is -0.725. The van der Waals surface area contributed by atoms with Gasteiger partial charge in [0.05, 0.1) is 11.6 Å². The fraction of sp³-hybridized carbons (Fsp3) is 0.385. The molecule has 1 saturated carbocycles. The second kappa shape index (κ2) is 3.09. The number of rotatable bonds is 2. The molecular weight excluding hydrogens is 216 g/mol. The van der Waals surface area contributed by atoms with Crippen molar-refractivity contribution in [3.8, 4) is 0 Å². The number of carbonyl (C=O) groups is 1. The highest BCUT2D eigenvalue weighted by molar-refractivity contribution is 5.77. The highest BCUT2D eigenvalue weighted by Crippen LogP contribution is 2.64. The van der Waals surface area contributed by atoms with Gasteiger partial charge in [0.15, 0.2) is 0 Å². The van der Waals surface area contributed by atoms with E-state index in [2.05, 4.69) is 4.98 Å². The Hall–Kier alpha value is -1.84. The van der Waals surface area contributed by atoms with E-state index in [1.54, 1.807) is 0 Å². The summed E-state index contributed by atoms with van der Waals surface area (Å²) in [5.74, 6) is -1.01. The average molecular weight is 230 g/mol. The van der Waals surface area contributed by atoms with Crippen molar-refractivity contribution in [2.24, 2.45) is 11.3 Å². The third-order valence-electron chi connectivity index (χ3n) is 3.79. The lowest BCUT2D eigenvalue weighted by Crippen LogP contribution is -2.03.